The van der Waals surface area contributed by atoms with E-state index in [9.17, 15) is 4.79 Å². The Morgan fingerprint density at radius 1 is 1.53 bits per heavy atom. The summed E-state index contributed by atoms with van der Waals surface area (Å²) in [6, 6.07) is -0.0481. The van der Waals surface area contributed by atoms with Gasteiger partial charge in [0.25, 0.3) is 0 Å². The smallest absolute Gasteiger partial charge is 0.224 e. The van der Waals surface area contributed by atoms with Crippen LogP contribution in [-0.4, -0.2) is 39.7 Å². The van der Waals surface area contributed by atoms with Crippen LogP contribution in [0.25, 0.3) is 0 Å². The molecule has 1 fully saturated rings. The van der Waals surface area contributed by atoms with Gasteiger partial charge in [0, 0.05) is 38.3 Å². The van der Waals surface area contributed by atoms with Crippen LogP contribution in [0.4, 0.5) is 0 Å². The second-order valence-corrected chi connectivity index (χ2v) is 5.47. The Morgan fingerprint density at radius 3 is 2.74 bits per heavy atom. The van der Waals surface area contributed by atoms with Crippen molar-refractivity contribution in [3.8, 4) is 0 Å². The summed E-state index contributed by atoms with van der Waals surface area (Å²) >= 11 is 0. The maximum atomic E-state index is 11.9. The van der Waals surface area contributed by atoms with Crippen LogP contribution >= 0.6 is 0 Å². The lowest BCUT2D eigenvalue weighted by atomic mass is 9.91. The molecule has 0 saturated carbocycles. The van der Waals surface area contributed by atoms with E-state index in [0.717, 1.165) is 32.5 Å². The second-order valence-electron chi connectivity index (χ2n) is 5.47. The fourth-order valence-electron chi connectivity index (χ4n) is 2.63. The first-order chi connectivity index (χ1) is 9.10. The average molecular weight is 264 g/mol. The van der Waals surface area contributed by atoms with Gasteiger partial charge in [-0.2, -0.15) is 5.10 Å². The monoisotopic (exact) mass is 264 g/mol. The summed E-state index contributed by atoms with van der Waals surface area (Å²) in [6.07, 6.45) is 6.61. The number of nitrogens with zero attached hydrogens (tertiary/aromatic N) is 3. The second kappa shape index (κ2) is 6.19. The third-order valence-corrected chi connectivity index (χ3v) is 3.79. The first-order valence-corrected chi connectivity index (χ1v) is 7.15. The van der Waals surface area contributed by atoms with Gasteiger partial charge in [-0.15, -0.1) is 0 Å². The Labute approximate surface area is 114 Å². The van der Waals surface area contributed by atoms with E-state index in [-0.39, 0.29) is 11.9 Å². The van der Waals surface area contributed by atoms with Crippen molar-refractivity contribution in [2.75, 3.05) is 13.1 Å². The average Bonchev–Trinajstić information content (AvgIpc) is 2.87. The molecule has 1 saturated heterocycles. The highest BCUT2D eigenvalue weighted by Crippen LogP contribution is 2.27. The van der Waals surface area contributed by atoms with Crippen molar-refractivity contribution in [3.63, 3.8) is 0 Å². The van der Waals surface area contributed by atoms with Gasteiger partial charge in [-0.3, -0.25) is 9.48 Å². The van der Waals surface area contributed by atoms with E-state index in [1.165, 1.54) is 5.56 Å². The molecule has 2 N–H and O–H groups in total. The summed E-state index contributed by atoms with van der Waals surface area (Å²) in [5.41, 5.74) is 6.98. The largest absolute Gasteiger partial charge is 0.343 e. The summed E-state index contributed by atoms with van der Waals surface area (Å²) in [6.45, 7) is 6.56. The Balaban J connectivity index is 1.86. The normalized spacial score (nSPS) is 18.6. The maximum absolute atomic E-state index is 11.9. The van der Waals surface area contributed by atoms with Crippen LogP contribution in [0.3, 0.4) is 0 Å². The van der Waals surface area contributed by atoms with E-state index in [1.54, 1.807) is 0 Å². The van der Waals surface area contributed by atoms with Crippen LogP contribution < -0.4 is 5.73 Å². The van der Waals surface area contributed by atoms with Gasteiger partial charge in [0.05, 0.1) is 6.20 Å². The first kappa shape index (κ1) is 14.1. The van der Waals surface area contributed by atoms with Gasteiger partial charge in [-0.25, -0.2) is 0 Å². The number of likely N-dealkylation sites (tertiary alicyclic amines) is 1. The van der Waals surface area contributed by atoms with Gasteiger partial charge in [0.2, 0.25) is 5.91 Å². The van der Waals surface area contributed by atoms with E-state index in [2.05, 4.69) is 18.2 Å². The van der Waals surface area contributed by atoms with Gasteiger partial charge in [0.15, 0.2) is 0 Å². The lowest BCUT2D eigenvalue weighted by molar-refractivity contribution is -0.132. The first-order valence-electron chi connectivity index (χ1n) is 7.15. The van der Waals surface area contributed by atoms with Gasteiger partial charge in [-0.1, -0.05) is 0 Å². The van der Waals surface area contributed by atoms with Crippen LogP contribution in [0.2, 0.25) is 0 Å². The third-order valence-electron chi connectivity index (χ3n) is 3.79. The van der Waals surface area contributed by atoms with Gasteiger partial charge < -0.3 is 10.6 Å². The van der Waals surface area contributed by atoms with Crippen molar-refractivity contribution in [3.05, 3.63) is 18.0 Å². The van der Waals surface area contributed by atoms with Gasteiger partial charge in [0.1, 0.15) is 0 Å². The molecular formula is C14H24N4O. The van der Waals surface area contributed by atoms with E-state index in [1.807, 2.05) is 22.7 Å². The standard InChI is InChI=1S/C14H24N4O/c1-3-18-10-13(9-16-18)12-4-6-17(7-5-12)14(19)8-11(2)15/h9-12H,3-8,15H2,1-2H3. The molecule has 1 amide bonds. The van der Waals surface area contributed by atoms with Crippen LogP contribution in [0.1, 0.15) is 44.6 Å². The van der Waals surface area contributed by atoms with Crippen LogP contribution in [-0.2, 0) is 11.3 Å². The Kier molecular flexibility index (Phi) is 4.58. The van der Waals surface area contributed by atoms with E-state index < -0.39 is 0 Å². The molecule has 0 radical (unpaired) electrons. The Hall–Kier alpha value is -1.36. The lowest BCUT2D eigenvalue weighted by Crippen LogP contribution is -2.40. The molecule has 2 heterocycles. The van der Waals surface area contributed by atoms with E-state index in [0.29, 0.717) is 12.3 Å². The number of piperidine rings is 1. The van der Waals surface area contributed by atoms with Crippen LogP contribution in [0, 0.1) is 0 Å². The van der Waals surface area contributed by atoms with Gasteiger partial charge >= 0.3 is 0 Å². The molecule has 0 aliphatic carbocycles. The van der Waals surface area contributed by atoms with Crippen molar-refractivity contribution in [1.29, 1.82) is 0 Å². The lowest BCUT2D eigenvalue weighted by Gasteiger charge is -2.32. The zero-order valence-electron chi connectivity index (χ0n) is 11.9. The number of amides is 1. The summed E-state index contributed by atoms with van der Waals surface area (Å²) in [5.74, 6) is 0.734. The number of rotatable bonds is 4. The number of carbonyl (C=O) groups excluding carboxylic acids is 1. The number of aromatic nitrogens is 2. The predicted octanol–water partition coefficient (Wildman–Crippen LogP) is 1.35. The molecule has 0 aromatic carbocycles. The molecule has 1 unspecified atom stereocenters. The highest BCUT2D eigenvalue weighted by molar-refractivity contribution is 5.76. The minimum absolute atomic E-state index is 0.0481. The Bertz CT molecular complexity index is 419. The molecule has 0 bridgehead atoms. The van der Waals surface area contributed by atoms with Crippen molar-refractivity contribution in [1.82, 2.24) is 14.7 Å². The third kappa shape index (κ3) is 3.56. The molecule has 0 spiro atoms. The number of hydrogen-bond donors (Lipinski definition) is 1. The number of nitrogens with two attached hydrogens (primary N) is 1. The highest BCUT2D eigenvalue weighted by atomic mass is 16.2. The quantitative estimate of drug-likeness (QED) is 0.892. The molecule has 5 nitrogen and oxygen atoms in total. The molecule has 1 atom stereocenters. The molecule has 106 valence electrons. The summed E-state index contributed by atoms with van der Waals surface area (Å²) in [4.78, 5) is 13.9. The fourth-order valence-corrected chi connectivity index (χ4v) is 2.63. The summed E-state index contributed by atoms with van der Waals surface area (Å²) < 4.78 is 1.96. The number of aryl methyl sites for hydroxylation is 1. The van der Waals surface area contributed by atoms with Crippen LogP contribution in [0.15, 0.2) is 12.4 Å². The molecule has 1 aromatic heterocycles. The van der Waals surface area contributed by atoms with Gasteiger partial charge in [-0.05, 0) is 38.2 Å². The molecule has 1 aliphatic rings. The minimum Gasteiger partial charge on any atom is -0.343 e. The molecule has 19 heavy (non-hydrogen) atoms. The van der Waals surface area contributed by atoms with E-state index in [4.69, 9.17) is 5.73 Å². The Morgan fingerprint density at radius 2 is 2.21 bits per heavy atom. The molecule has 5 heteroatoms. The number of carbonyl (C=O) groups is 1. The molecule has 1 aliphatic heterocycles. The topological polar surface area (TPSA) is 64.2 Å². The zero-order chi connectivity index (χ0) is 13.8. The van der Waals surface area contributed by atoms with Crippen molar-refractivity contribution in [2.45, 2.75) is 51.6 Å². The van der Waals surface area contributed by atoms with Crippen LogP contribution in [0.5, 0.6) is 0 Å². The molecular weight excluding hydrogens is 240 g/mol. The summed E-state index contributed by atoms with van der Waals surface area (Å²) in [7, 11) is 0. The van der Waals surface area contributed by atoms with Crippen molar-refractivity contribution < 1.29 is 4.79 Å². The molecule has 2 rings (SSSR count). The minimum atomic E-state index is -0.0481. The number of hydrogen-bond acceptors (Lipinski definition) is 3. The summed E-state index contributed by atoms with van der Waals surface area (Å²) in [5, 5.41) is 4.32. The SMILES string of the molecule is CCn1cc(C2CCN(C(=O)CC(C)N)CC2)cn1. The highest BCUT2D eigenvalue weighted by Gasteiger charge is 2.24. The zero-order valence-corrected chi connectivity index (χ0v) is 11.9. The van der Waals surface area contributed by atoms with E-state index >= 15 is 0 Å². The molecule has 1 aromatic rings. The van der Waals surface area contributed by atoms with Crippen molar-refractivity contribution in [2.24, 2.45) is 5.73 Å². The van der Waals surface area contributed by atoms with Crippen molar-refractivity contribution >= 4 is 5.91 Å². The maximum Gasteiger partial charge on any atom is 0.224 e. The fraction of sp³-hybridized carbons (Fsp3) is 0.714. The predicted molar refractivity (Wildman–Crippen MR) is 74.7 cm³/mol.